The summed E-state index contributed by atoms with van der Waals surface area (Å²) in [5.74, 6) is 0.343. The van der Waals surface area contributed by atoms with E-state index in [1.54, 1.807) is 12.3 Å². The zero-order valence-corrected chi connectivity index (χ0v) is 13.4. The van der Waals surface area contributed by atoms with Crippen LogP contribution in [0.3, 0.4) is 0 Å². The van der Waals surface area contributed by atoms with E-state index in [9.17, 15) is 9.59 Å². The Balaban J connectivity index is 1.90. The zero-order chi connectivity index (χ0) is 16.4. The number of imidazole rings is 1. The number of nitrogens with one attached hydrogen (secondary N) is 2. The number of halogens is 1. The largest absolute Gasteiger partial charge is 0.344 e. The molecule has 120 valence electrons. The summed E-state index contributed by atoms with van der Waals surface area (Å²) in [5.41, 5.74) is 0.765. The van der Waals surface area contributed by atoms with Gasteiger partial charge in [-0.15, -0.1) is 0 Å². The number of benzene rings is 1. The second-order valence-electron chi connectivity index (χ2n) is 5.52. The van der Waals surface area contributed by atoms with Gasteiger partial charge in [0, 0.05) is 36.4 Å². The molecule has 0 bridgehead atoms. The van der Waals surface area contributed by atoms with E-state index in [-0.39, 0.29) is 11.8 Å². The van der Waals surface area contributed by atoms with Gasteiger partial charge in [0.2, 0.25) is 11.8 Å². The molecule has 0 radical (unpaired) electrons. The van der Waals surface area contributed by atoms with Crippen molar-refractivity contribution >= 4 is 23.4 Å². The maximum atomic E-state index is 12.5. The van der Waals surface area contributed by atoms with Crippen LogP contribution >= 0.6 is 11.6 Å². The lowest BCUT2D eigenvalue weighted by Gasteiger charge is -2.22. The summed E-state index contributed by atoms with van der Waals surface area (Å²) in [4.78, 5) is 28.1. The van der Waals surface area contributed by atoms with Crippen LogP contribution in [0.25, 0.3) is 0 Å². The van der Waals surface area contributed by atoms with E-state index < -0.39 is 12.1 Å². The Morgan fingerprint density at radius 1 is 1.48 bits per heavy atom. The SMILES string of the molecule is Cn1ccnc1C(NC(=O)C1CCC(=O)N1)c1ccccc1Cl. The maximum absolute atomic E-state index is 12.5. The lowest BCUT2D eigenvalue weighted by atomic mass is 10.0. The number of hydrogen-bond acceptors (Lipinski definition) is 3. The molecule has 0 spiro atoms. The molecule has 0 aliphatic carbocycles. The molecule has 2 amide bonds. The first-order chi connectivity index (χ1) is 11.1. The van der Waals surface area contributed by atoms with E-state index in [0.717, 1.165) is 5.56 Å². The average Bonchev–Trinajstić information content (AvgIpc) is 3.14. The third-order valence-electron chi connectivity index (χ3n) is 3.93. The summed E-state index contributed by atoms with van der Waals surface area (Å²) in [6, 6.07) is 6.34. The molecule has 2 unspecified atom stereocenters. The Morgan fingerprint density at radius 2 is 2.26 bits per heavy atom. The molecule has 0 saturated carbocycles. The minimum absolute atomic E-state index is 0.101. The van der Waals surface area contributed by atoms with E-state index in [1.807, 2.05) is 36.0 Å². The fourth-order valence-corrected chi connectivity index (χ4v) is 2.94. The van der Waals surface area contributed by atoms with Crippen molar-refractivity contribution in [3.63, 3.8) is 0 Å². The topological polar surface area (TPSA) is 76.0 Å². The second-order valence-corrected chi connectivity index (χ2v) is 5.93. The Kier molecular flexibility index (Phi) is 4.34. The Hall–Kier alpha value is -2.34. The number of nitrogens with zero attached hydrogens (tertiary/aromatic N) is 2. The molecule has 1 aliphatic heterocycles. The van der Waals surface area contributed by atoms with E-state index in [2.05, 4.69) is 15.6 Å². The summed E-state index contributed by atoms with van der Waals surface area (Å²) in [7, 11) is 1.86. The number of amides is 2. The van der Waals surface area contributed by atoms with Gasteiger partial charge in [0.15, 0.2) is 0 Å². The third kappa shape index (κ3) is 3.22. The number of hydrogen-bond donors (Lipinski definition) is 2. The quantitative estimate of drug-likeness (QED) is 0.892. The molecule has 1 saturated heterocycles. The molecule has 1 aromatic heterocycles. The molecule has 23 heavy (non-hydrogen) atoms. The number of aryl methyl sites for hydroxylation is 1. The predicted octanol–water partition coefficient (Wildman–Crippen LogP) is 1.56. The van der Waals surface area contributed by atoms with Crippen LogP contribution in [-0.4, -0.2) is 27.4 Å². The fraction of sp³-hybridized carbons (Fsp3) is 0.312. The van der Waals surface area contributed by atoms with Crippen molar-refractivity contribution in [2.45, 2.75) is 24.9 Å². The fourth-order valence-electron chi connectivity index (χ4n) is 2.70. The first-order valence-electron chi connectivity index (χ1n) is 7.37. The van der Waals surface area contributed by atoms with Gasteiger partial charge >= 0.3 is 0 Å². The predicted molar refractivity (Wildman–Crippen MR) is 85.8 cm³/mol. The highest BCUT2D eigenvalue weighted by molar-refractivity contribution is 6.31. The molecule has 2 heterocycles. The highest BCUT2D eigenvalue weighted by atomic mass is 35.5. The van der Waals surface area contributed by atoms with Gasteiger partial charge in [-0.25, -0.2) is 4.98 Å². The summed E-state index contributed by atoms with van der Waals surface area (Å²) >= 11 is 6.30. The highest BCUT2D eigenvalue weighted by Crippen LogP contribution is 2.27. The Labute approximate surface area is 138 Å². The van der Waals surface area contributed by atoms with Crippen molar-refractivity contribution in [1.29, 1.82) is 0 Å². The summed E-state index contributed by atoms with van der Waals surface area (Å²) in [6.07, 6.45) is 4.35. The van der Waals surface area contributed by atoms with Crippen molar-refractivity contribution in [1.82, 2.24) is 20.2 Å². The van der Waals surface area contributed by atoms with E-state index in [0.29, 0.717) is 23.7 Å². The molecule has 1 aliphatic rings. The van der Waals surface area contributed by atoms with Gasteiger partial charge in [-0.3, -0.25) is 9.59 Å². The molecule has 3 rings (SSSR count). The van der Waals surface area contributed by atoms with Gasteiger partial charge in [0.05, 0.1) is 0 Å². The standard InChI is InChI=1S/C16H17ClN4O2/c1-21-9-8-18-15(21)14(10-4-2-3-5-11(10)17)20-16(23)12-6-7-13(22)19-12/h2-5,8-9,12,14H,6-7H2,1H3,(H,19,22)(H,20,23). The van der Waals surface area contributed by atoms with Crippen LogP contribution in [0.4, 0.5) is 0 Å². The van der Waals surface area contributed by atoms with E-state index in [4.69, 9.17) is 11.6 Å². The van der Waals surface area contributed by atoms with Crippen LogP contribution in [0.2, 0.25) is 5.02 Å². The average molecular weight is 333 g/mol. The minimum Gasteiger partial charge on any atom is -0.344 e. The van der Waals surface area contributed by atoms with Crippen LogP contribution < -0.4 is 10.6 Å². The van der Waals surface area contributed by atoms with Crippen LogP contribution in [0, 0.1) is 0 Å². The van der Waals surface area contributed by atoms with Gasteiger partial charge in [-0.05, 0) is 12.5 Å². The van der Waals surface area contributed by atoms with Gasteiger partial charge in [0.1, 0.15) is 17.9 Å². The second kappa shape index (κ2) is 6.42. The van der Waals surface area contributed by atoms with Crippen LogP contribution in [0.5, 0.6) is 0 Å². The minimum atomic E-state index is -0.507. The molecule has 1 fully saturated rings. The van der Waals surface area contributed by atoms with Crippen molar-refractivity contribution in [3.8, 4) is 0 Å². The molecular formula is C16H17ClN4O2. The van der Waals surface area contributed by atoms with Gasteiger partial charge in [-0.1, -0.05) is 29.8 Å². The first kappa shape index (κ1) is 15.6. The molecular weight excluding hydrogens is 316 g/mol. The summed E-state index contributed by atoms with van der Waals surface area (Å²) in [5, 5.41) is 6.18. The molecule has 2 N–H and O–H groups in total. The van der Waals surface area contributed by atoms with Crippen molar-refractivity contribution in [2.75, 3.05) is 0 Å². The molecule has 2 atom stereocenters. The van der Waals surface area contributed by atoms with Gasteiger partial charge < -0.3 is 15.2 Å². The highest BCUT2D eigenvalue weighted by Gasteiger charge is 2.30. The number of carbonyl (C=O) groups excluding carboxylic acids is 2. The number of aromatic nitrogens is 2. The summed E-state index contributed by atoms with van der Waals surface area (Å²) < 4.78 is 1.83. The molecule has 1 aromatic carbocycles. The third-order valence-corrected chi connectivity index (χ3v) is 4.28. The smallest absolute Gasteiger partial charge is 0.243 e. The first-order valence-corrected chi connectivity index (χ1v) is 7.75. The zero-order valence-electron chi connectivity index (χ0n) is 12.6. The van der Waals surface area contributed by atoms with Crippen molar-refractivity contribution in [3.05, 3.63) is 53.1 Å². The van der Waals surface area contributed by atoms with Crippen LogP contribution in [0.1, 0.15) is 30.3 Å². The van der Waals surface area contributed by atoms with Crippen LogP contribution in [0.15, 0.2) is 36.7 Å². The number of carbonyl (C=O) groups is 2. The summed E-state index contributed by atoms with van der Waals surface area (Å²) in [6.45, 7) is 0. The molecule has 6 nitrogen and oxygen atoms in total. The maximum Gasteiger partial charge on any atom is 0.243 e. The normalized spacial score (nSPS) is 18.5. The molecule has 7 heteroatoms. The van der Waals surface area contributed by atoms with Crippen molar-refractivity contribution < 1.29 is 9.59 Å². The Bertz CT molecular complexity index is 743. The van der Waals surface area contributed by atoms with E-state index in [1.165, 1.54) is 0 Å². The van der Waals surface area contributed by atoms with E-state index >= 15 is 0 Å². The Morgan fingerprint density at radius 3 is 2.87 bits per heavy atom. The van der Waals surface area contributed by atoms with Crippen LogP contribution in [-0.2, 0) is 16.6 Å². The monoisotopic (exact) mass is 332 g/mol. The lowest BCUT2D eigenvalue weighted by Crippen LogP contribution is -2.43. The molecule has 2 aromatic rings. The lowest BCUT2D eigenvalue weighted by molar-refractivity contribution is -0.126. The van der Waals surface area contributed by atoms with Gasteiger partial charge in [-0.2, -0.15) is 0 Å². The number of rotatable bonds is 4. The van der Waals surface area contributed by atoms with Gasteiger partial charge in [0.25, 0.3) is 0 Å². The van der Waals surface area contributed by atoms with Crippen molar-refractivity contribution in [2.24, 2.45) is 7.05 Å².